The van der Waals surface area contributed by atoms with Gasteiger partial charge in [0, 0.05) is 21.6 Å². The average Bonchev–Trinajstić information content (AvgIpc) is 2.14. The van der Waals surface area contributed by atoms with Gasteiger partial charge in [0.1, 0.15) is 0 Å². The van der Waals surface area contributed by atoms with Gasteiger partial charge < -0.3 is 5.32 Å². The van der Waals surface area contributed by atoms with E-state index in [0.717, 1.165) is 13.0 Å². The van der Waals surface area contributed by atoms with Crippen molar-refractivity contribution in [2.75, 3.05) is 6.54 Å². The van der Waals surface area contributed by atoms with E-state index in [2.05, 4.69) is 11.9 Å². The molecule has 1 fully saturated rings. The molecule has 1 atom stereocenters. The van der Waals surface area contributed by atoms with Crippen LogP contribution < -0.4 is 5.32 Å². The Hall–Kier alpha value is -0.313. The molecule has 0 aromatic carbocycles. The van der Waals surface area contributed by atoms with Gasteiger partial charge in [0.2, 0.25) is 5.91 Å². The highest BCUT2D eigenvalue weighted by Gasteiger charge is 2.21. The van der Waals surface area contributed by atoms with Gasteiger partial charge in [0.25, 0.3) is 0 Å². The molecule has 1 aliphatic heterocycles. The Kier molecular flexibility index (Phi) is 1.68. The molecule has 2 nitrogen and oxygen atoms in total. The quantitative estimate of drug-likeness (QED) is 0.476. The zero-order chi connectivity index (χ0) is 5.98. The van der Waals surface area contributed by atoms with E-state index in [1.54, 1.807) is 0 Å². The number of amides is 1. The minimum Gasteiger partial charge on any atom is -0.356 e. The molecule has 8 heavy (non-hydrogen) atoms. The first-order valence-corrected chi connectivity index (χ1v) is 5.35. The Labute approximate surface area is 51.5 Å². The van der Waals surface area contributed by atoms with Crippen LogP contribution in [0.25, 0.3) is 0 Å². The molecule has 1 saturated heterocycles. The summed E-state index contributed by atoms with van der Waals surface area (Å²) in [5.74, 6) is 0.305. The second-order valence-electron chi connectivity index (χ2n) is 2.18. The molecule has 0 radical (unpaired) electrons. The van der Waals surface area contributed by atoms with Crippen molar-refractivity contribution >= 4 is 15.4 Å². The van der Waals surface area contributed by atoms with E-state index in [-0.39, 0.29) is 9.52 Å². The summed E-state index contributed by atoms with van der Waals surface area (Å²) in [5.41, 5.74) is 0.454. The van der Waals surface area contributed by atoms with E-state index < -0.39 is 0 Å². The number of nitrogens with one attached hydrogen (secondary N) is 1. The zero-order valence-corrected chi connectivity index (χ0v) is 6.52. The number of hydrogen-bond donors (Lipinski definition) is 1. The summed E-state index contributed by atoms with van der Waals surface area (Å²) in [6, 6.07) is 0. The Balaban J connectivity index is 2.42. The molecule has 1 aliphatic rings. The largest absolute Gasteiger partial charge is 0.356 e. The summed E-state index contributed by atoms with van der Waals surface area (Å²) >= 11 is 0. The van der Waals surface area contributed by atoms with Gasteiger partial charge in [-0.05, 0) is 6.42 Å². The summed E-state index contributed by atoms with van der Waals surface area (Å²) in [5, 5.41) is 2.82. The highest BCUT2D eigenvalue weighted by molar-refractivity contribution is 6.42. The Morgan fingerprint density at radius 2 is 2.62 bits per heavy atom. The van der Waals surface area contributed by atoms with Crippen LogP contribution in [0.3, 0.4) is 0 Å². The number of carbonyl (C=O) groups is 1. The van der Waals surface area contributed by atoms with Gasteiger partial charge in [-0.3, -0.25) is 4.79 Å². The third-order valence-corrected chi connectivity index (χ3v) is 3.42. The summed E-state index contributed by atoms with van der Waals surface area (Å²) < 4.78 is 0. The molecule has 0 aromatic rings. The van der Waals surface area contributed by atoms with Crippen molar-refractivity contribution in [3.63, 3.8) is 0 Å². The van der Waals surface area contributed by atoms with Crippen LogP contribution in [-0.2, 0) is 4.79 Å². The fraction of sp³-hybridized carbons (Fsp3) is 0.800. The highest BCUT2D eigenvalue weighted by Crippen LogP contribution is 2.13. The van der Waals surface area contributed by atoms with E-state index in [1.807, 2.05) is 0 Å². The van der Waals surface area contributed by atoms with E-state index in [1.165, 1.54) is 0 Å². The van der Waals surface area contributed by atoms with Crippen LogP contribution in [-0.4, -0.2) is 22.0 Å². The van der Waals surface area contributed by atoms with Crippen LogP contribution in [0.4, 0.5) is 0 Å². The van der Waals surface area contributed by atoms with E-state index in [0.29, 0.717) is 11.4 Å². The molecule has 1 unspecified atom stereocenters. The van der Waals surface area contributed by atoms with Gasteiger partial charge in [-0.1, -0.05) is 6.55 Å². The van der Waals surface area contributed by atoms with Gasteiger partial charge in [-0.2, -0.15) is 0 Å². The minimum absolute atomic E-state index is 0.0691. The third kappa shape index (κ3) is 0.915. The van der Waals surface area contributed by atoms with Crippen molar-refractivity contribution in [3.8, 4) is 0 Å². The number of rotatable bonds is 1. The predicted octanol–water partition coefficient (Wildman–Crippen LogP) is -0.488. The first-order valence-electron chi connectivity index (χ1n) is 3.12. The highest BCUT2D eigenvalue weighted by atomic mass is 28.2. The standard InChI is InChI=1S/C5H11NOSi/c1-8-4-2-3-6-5(4)7/h4H,2-3,8H2,1H3,(H,6,7). The lowest BCUT2D eigenvalue weighted by Crippen LogP contribution is -2.17. The van der Waals surface area contributed by atoms with Gasteiger partial charge in [0.15, 0.2) is 0 Å². The Bertz CT molecular complexity index is 105. The van der Waals surface area contributed by atoms with E-state index in [9.17, 15) is 4.79 Å². The number of carbonyl (C=O) groups excluding carboxylic acids is 1. The molecular formula is C5H11NOSi. The topological polar surface area (TPSA) is 29.1 Å². The smallest absolute Gasteiger partial charge is 0.219 e. The minimum atomic E-state index is -0.0691. The second kappa shape index (κ2) is 2.30. The van der Waals surface area contributed by atoms with Crippen molar-refractivity contribution < 1.29 is 4.79 Å². The molecule has 46 valence electrons. The van der Waals surface area contributed by atoms with E-state index in [4.69, 9.17) is 0 Å². The van der Waals surface area contributed by atoms with Crippen molar-refractivity contribution in [2.45, 2.75) is 18.5 Å². The molecule has 0 bridgehead atoms. The van der Waals surface area contributed by atoms with Gasteiger partial charge in [-0.25, -0.2) is 0 Å². The van der Waals surface area contributed by atoms with Crippen LogP contribution in [0.1, 0.15) is 6.42 Å². The van der Waals surface area contributed by atoms with Crippen LogP contribution in [0.2, 0.25) is 12.1 Å². The molecular weight excluding hydrogens is 118 g/mol. The molecule has 1 amide bonds. The molecule has 0 aromatic heterocycles. The Morgan fingerprint density at radius 1 is 1.88 bits per heavy atom. The molecule has 1 N–H and O–H groups in total. The first kappa shape index (κ1) is 5.82. The van der Waals surface area contributed by atoms with Crippen LogP contribution >= 0.6 is 0 Å². The zero-order valence-electron chi connectivity index (χ0n) is 5.11. The lowest BCUT2D eigenvalue weighted by Gasteiger charge is -1.96. The van der Waals surface area contributed by atoms with Gasteiger partial charge >= 0.3 is 0 Å². The molecule has 0 saturated carbocycles. The molecule has 0 aliphatic carbocycles. The van der Waals surface area contributed by atoms with Crippen LogP contribution in [0.5, 0.6) is 0 Å². The fourth-order valence-corrected chi connectivity index (χ4v) is 2.16. The SMILES string of the molecule is C[SiH2]C1CCNC1=O. The summed E-state index contributed by atoms with van der Waals surface area (Å²) in [7, 11) is -0.0691. The maximum absolute atomic E-state index is 10.7. The van der Waals surface area contributed by atoms with Crippen molar-refractivity contribution in [1.29, 1.82) is 0 Å². The maximum atomic E-state index is 10.7. The second-order valence-corrected chi connectivity index (χ2v) is 3.99. The van der Waals surface area contributed by atoms with E-state index >= 15 is 0 Å². The van der Waals surface area contributed by atoms with Crippen molar-refractivity contribution in [1.82, 2.24) is 5.32 Å². The lowest BCUT2D eigenvalue weighted by atomic mass is 10.4. The maximum Gasteiger partial charge on any atom is 0.219 e. The monoisotopic (exact) mass is 129 g/mol. The lowest BCUT2D eigenvalue weighted by molar-refractivity contribution is -0.119. The predicted molar refractivity (Wildman–Crippen MR) is 35.8 cm³/mol. The van der Waals surface area contributed by atoms with Gasteiger partial charge in [-0.15, -0.1) is 0 Å². The molecule has 0 spiro atoms. The fourth-order valence-electron chi connectivity index (χ4n) is 1.03. The molecule has 1 heterocycles. The van der Waals surface area contributed by atoms with Gasteiger partial charge in [0.05, 0.1) is 0 Å². The first-order chi connectivity index (χ1) is 3.84. The third-order valence-electron chi connectivity index (χ3n) is 1.66. The summed E-state index contributed by atoms with van der Waals surface area (Å²) in [6.45, 7) is 3.11. The number of hydrogen-bond acceptors (Lipinski definition) is 1. The van der Waals surface area contributed by atoms with Crippen LogP contribution in [0.15, 0.2) is 0 Å². The average molecular weight is 129 g/mol. The molecule has 3 heteroatoms. The van der Waals surface area contributed by atoms with Crippen molar-refractivity contribution in [2.24, 2.45) is 0 Å². The summed E-state index contributed by atoms with van der Waals surface area (Å²) in [6.07, 6.45) is 1.10. The molecule has 1 rings (SSSR count). The Morgan fingerprint density at radius 3 is 2.88 bits per heavy atom. The normalized spacial score (nSPS) is 29.6. The van der Waals surface area contributed by atoms with Crippen LogP contribution in [0, 0.1) is 0 Å². The summed E-state index contributed by atoms with van der Waals surface area (Å²) in [4.78, 5) is 10.7. The van der Waals surface area contributed by atoms with Crippen molar-refractivity contribution in [3.05, 3.63) is 0 Å².